The number of carbonyl (C=O) groups excluding carboxylic acids is 1. The summed E-state index contributed by atoms with van der Waals surface area (Å²) in [4.78, 5) is 17.6. The number of amides is 1. The van der Waals surface area contributed by atoms with Gasteiger partial charge in [0.1, 0.15) is 12.4 Å². The lowest BCUT2D eigenvalue weighted by molar-refractivity contribution is -0.116. The standard InChI is InChI=1S/C23H20BrN3O/c1-15-10-11-19(16(2)12-15)25-22(28)14-27-21-9-4-3-8-20(21)26-23(27)17-6-5-7-18(24)13-17/h3-13H,14H2,1-2H3,(H,25,28). The number of anilines is 1. The predicted molar refractivity (Wildman–Crippen MR) is 117 cm³/mol. The molecule has 0 radical (unpaired) electrons. The minimum atomic E-state index is -0.0775. The lowest BCUT2D eigenvalue weighted by atomic mass is 10.1. The lowest BCUT2D eigenvalue weighted by Crippen LogP contribution is -2.19. The van der Waals surface area contributed by atoms with Gasteiger partial charge in [0.2, 0.25) is 5.91 Å². The highest BCUT2D eigenvalue weighted by atomic mass is 79.9. The molecule has 0 unspecified atom stereocenters. The van der Waals surface area contributed by atoms with Crippen molar-refractivity contribution in [1.82, 2.24) is 9.55 Å². The SMILES string of the molecule is Cc1ccc(NC(=O)Cn2c(-c3cccc(Br)c3)nc3ccccc32)c(C)c1. The first-order valence-electron chi connectivity index (χ1n) is 9.09. The Morgan fingerprint density at radius 2 is 1.86 bits per heavy atom. The van der Waals surface area contributed by atoms with Crippen LogP contribution in [-0.2, 0) is 11.3 Å². The van der Waals surface area contributed by atoms with Crippen LogP contribution in [0.25, 0.3) is 22.4 Å². The van der Waals surface area contributed by atoms with E-state index in [1.807, 2.05) is 79.1 Å². The van der Waals surface area contributed by atoms with Gasteiger partial charge in [-0.25, -0.2) is 4.98 Å². The number of hydrogen-bond acceptors (Lipinski definition) is 2. The molecular formula is C23H20BrN3O. The third kappa shape index (κ3) is 3.71. The summed E-state index contributed by atoms with van der Waals surface area (Å²) in [5.41, 5.74) is 5.84. The smallest absolute Gasteiger partial charge is 0.244 e. The summed E-state index contributed by atoms with van der Waals surface area (Å²) in [5, 5.41) is 3.03. The van der Waals surface area contributed by atoms with E-state index in [0.29, 0.717) is 0 Å². The summed E-state index contributed by atoms with van der Waals surface area (Å²) in [7, 11) is 0. The first-order valence-corrected chi connectivity index (χ1v) is 9.89. The van der Waals surface area contributed by atoms with Crippen LogP contribution >= 0.6 is 15.9 Å². The van der Waals surface area contributed by atoms with Crippen LogP contribution in [0.1, 0.15) is 11.1 Å². The van der Waals surface area contributed by atoms with Crippen molar-refractivity contribution in [2.75, 3.05) is 5.32 Å². The number of nitrogens with zero attached hydrogens (tertiary/aromatic N) is 2. The van der Waals surface area contributed by atoms with Gasteiger partial charge in [0, 0.05) is 15.7 Å². The van der Waals surface area contributed by atoms with E-state index < -0.39 is 0 Å². The van der Waals surface area contributed by atoms with Crippen molar-refractivity contribution in [3.05, 3.63) is 82.3 Å². The molecule has 3 aromatic carbocycles. The molecule has 0 bridgehead atoms. The van der Waals surface area contributed by atoms with Gasteiger partial charge < -0.3 is 9.88 Å². The molecule has 1 aromatic heterocycles. The Bertz CT molecular complexity index is 1180. The number of nitrogens with one attached hydrogen (secondary N) is 1. The van der Waals surface area contributed by atoms with Crippen molar-refractivity contribution in [3.63, 3.8) is 0 Å². The summed E-state index contributed by atoms with van der Waals surface area (Å²) >= 11 is 3.52. The van der Waals surface area contributed by atoms with Crippen molar-refractivity contribution in [1.29, 1.82) is 0 Å². The van der Waals surface area contributed by atoms with Gasteiger partial charge in [0.05, 0.1) is 11.0 Å². The Balaban J connectivity index is 1.71. The summed E-state index contributed by atoms with van der Waals surface area (Å²) in [6.45, 7) is 4.23. The first kappa shape index (κ1) is 18.4. The lowest BCUT2D eigenvalue weighted by Gasteiger charge is -2.12. The minimum Gasteiger partial charge on any atom is -0.324 e. The molecule has 0 atom stereocenters. The van der Waals surface area contributed by atoms with E-state index in [-0.39, 0.29) is 12.5 Å². The number of fused-ring (bicyclic) bond motifs is 1. The average Bonchev–Trinajstić information content (AvgIpc) is 3.03. The summed E-state index contributed by atoms with van der Waals surface area (Å²) in [6.07, 6.45) is 0. The van der Waals surface area contributed by atoms with E-state index in [9.17, 15) is 4.79 Å². The van der Waals surface area contributed by atoms with Crippen LogP contribution in [0.4, 0.5) is 5.69 Å². The molecule has 4 aromatic rings. The number of imidazole rings is 1. The van der Waals surface area contributed by atoms with Gasteiger partial charge in [-0.3, -0.25) is 4.79 Å². The minimum absolute atomic E-state index is 0.0775. The number of rotatable bonds is 4. The summed E-state index contributed by atoms with van der Waals surface area (Å²) in [5.74, 6) is 0.699. The van der Waals surface area contributed by atoms with Crippen molar-refractivity contribution in [3.8, 4) is 11.4 Å². The van der Waals surface area contributed by atoms with E-state index in [4.69, 9.17) is 4.98 Å². The maximum absolute atomic E-state index is 12.8. The first-order chi connectivity index (χ1) is 13.5. The van der Waals surface area contributed by atoms with Crippen LogP contribution in [0.3, 0.4) is 0 Å². The number of para-hydroxylation sites is 2. The molecular weight excluding hydrogens is 414 g/mol. The number of carbonyl (C=O) groups is 1. The molecule has 0 spiro atoms. The number of benzene rings is 3. The van der Waals surface area contributed by atoms with Gasteiger partial charge >= 0.3 is 0 Å². The highest BCUT2D eigenvalue weighted by Crippen LogP contribution is 2.27. The normalized spacial score (nSPS) is 11.0. The molecule has 0 saturated heterocycles. The van der Waals surface area contributed by atoms with Crippen LogP contribution < -0.4 is 5.32 Å². The Kier molecular flexibility index (Phi) is 5.01. The topological polar surface area (TPSA) is 46.9 Å². The quantitative estimate of drug-likeness (QED) is 0.447. The third-order valence-corrected chi connectivity index (χ3v) is 5.19. The number of aryl methyl sites for hydroxylation is 2. The van der Waals surface area contributed by atoms with Gasteiger partial charge in [-0.15, -0.1) is 0 Å². The average molecular weight is 434 g/mol. The largest absolute Gasteiger partial charge is 0.324 e. The zero-order valence-electron chi connectivity index (χ0n) is 15.7. The second-order valence-corrected chi connectivity index (χ2v) is 7.80. The van der Waals surface area contributed by atoms with Crippen LogP contribution in [0.15, 0.2) is 71.2 Å². The molecule has 0 fully saturated rings. The monoisotopic (exact) mass is 433 g/mol. The van der Waals surface area contributed by atoms with E-state index in [0.717, 1.165) is 38.1 Å². The molecule has 4 nitrogen and oxygen atoms in total. The zero-order valence-corrected chi connectivity index (χ0v) is 17.3. The van der Waals surface area contributed by atoms with Gasteiger partial charge in [-0.05, 0) is 49.7 Å². The Morgan fingerprint density at radius 1 is 1.04 bits per heavy atom. The molecule has 140 valence electrons. The van der Waals surface area contributed by atoms with E-state index in [1.165, 1.54) is 5.56 Å². The molecule has 1 N–H and O–H groups in total. The van der Waals surface area contributed by atoms with E-state index in [1.54, 1.807) is 0 Å². The molecule has 0 saturated carbocycles. The van der Waals surface area contributed by atoms with Crippen LogP contribution in [-0.4, -0.2) is 15.5 Å². The maximum atomic E-state index is 12.8. The molecule has 28 heavy (non-hydrogen) atoms. The third-order valence-electron chi connectivity index (χ3n) is 4.70. The Hall–Kier alpha value is -2.92. The second kappa shape index (κ2) is 7.60. The van der Waals surface area contributed by atoms with Gasteiger partial charge in [-0.1, -0.05) is 57.9 Å². The van der Waals surface area contributed by atoms with Crippen molar-refractivity contribution < 1.29 is 4.79 Å². The fourth-order valence-electron chi connectivity index (χ4n) is 3.37. The Morgan fingerprint density at radius 3 is 2.64 bits per heavy atom. The molecule has 5 heteroatoms. The van der Waals surface area contributed by atoms with Crippen LogP contribution in [0.2, 0.25) is 0 Å². The van der Waals surface area contributed by atoms with Crippen molar-refractivity contribution in [2.45, 2.75) is 20.4 Å². The second-order valence-electron chi connectivity index (χ2n) is 6.89. The highest BCUT2D eigenvalue weighted by molar-refractivity contribution is 9.10. The summed E-state index contributed by atoms with van der Waals surface area (Å²) < 4.78 is 2.94. The molecule has 1 amide bonds. The van der Waals surface area contributed by atoms with Gasteiger partial charge in [0.25, 0.3) is 0 Å². The van der Waals surface area contributed by atoms with Crippen molar-refractivity contribution in [2.24, 2.45) is 0 Å². The fraction of sp³-hybridized carbons (Fsp3) is 0.130. The van der Waals surface area contributed by atoms with E-state index in [2.05, 4.69) is 27.3 Å². The van der Waals surface area contributed by atoms with Gasteiger partial charge in [-0.2, -0.15) is 0 Å². The van der Waals surface area contributed by atoms with E-state index >= 15 is 0 Å². The van der Waals surface area contributed by atoms with Gasteiger partial charge in [0.15, 0.2) is 0 Å². The van der Waals surface area contributed by atoms with Crippen LogP contribution in [0, 0.1) is 13.8 Å². The molecule has 0 aliphatic carbocycles. The zero-order chi connectivity index (χ0) is 19.7. The molecule has 4 rings (SSSR count). The predicted octanol–water partition coefficient (Wildman–Crippen LogP) is 5.72. The number of aromatic nitrogens is 2. The van der Waals surface area contributed by atoms with Crippen LogP contribution in [0.5, 0.6) is 0 Å². The number of hydrogen-bond donors (Lipinski definition) is 1. The molecule has 0 aliphatic heterocycles. The molecule has 0 aliphatic rings. The summed E-state index contributed by atoms with van der Waals surface area (Å²) in [6, 6.07) is 21.9. The number of halogens is 1. The highest BCUT2D eigenvalue weighted by Gasteiger charge is 2.16. The maximum Gasteiger partial charge on any atom is 0.244 e. The fourth-order valence-corrected chi connectivity index (χ4v) is 3.77. The van der Waals surface area contributed by atoms with Crippen molar-refractivity contribution >= 4 is 38.6 Å². The Labute approximate surface area is 172 Å². The molecule has 1 heterocycles.